The van der Waals surface area contributed by atoms with Crippen LogP contribution in [0.5, 0.6) is 5.75 Å². The van der Waals surface area contributed by atoms with Crippen LogP contribution in [-0.2, 0) is 0 Å². The number of hydrogen-bond donors (Lipinski definition) is 1. The van der Waals surface area contributed by atoms with Gasteiger partial charge in [-0.1, -0.05) is 30.3 Å². The Morgan fingerprint density at radius 1 is 1.14 bits per heavy atom. The van der Waals surface area contributed by atoms with E-state index in [9.17, 15) is 10.1 Å². The van der Waals surface area contributed by atoms with E-state index in [4.69, 9.17) is 4.74 Å². The van der Waals surface area contributed by atoms with Gasteiger partial charge in [0, 0.05) is 17.2 Å². The maximum Gasteiger partial charge on any atom is 0.311 e. The van der Waals surface area contributed by atoms with Gasteiger partial charge < -0.3 is 4.74 Å². The highest BCUT2D eigenvalue weighted by molar-refractivity contribution is 5.65. The Hall–Kier alpha value is -3.22. The molecule has 0 saturated carbocycles. The van der Waals surface area contributed by atoms with E-state index in [-0.39, 0.29) is 11.4 Å². The van der Waals surface area contributed by atoms with Crippen molar-refractivity contribution in [3.05, 3.63) is 58.6 Å². The van der Waals surface area contributed by atoms with Crippen molar-refractivity contribution < 1.29 is 9.66 Å². The van der Waals surface area contributed by atoms with Crippen molar-refractivity contribution in [2.45, 2.75) is 0 Å². The first-order valence-electron chi connectivity index (χ1n) is 6.49. The third-order valence-corrected chi connectivity index (χ3v) is 3.17. The first-order valence-corrected chi connectivity index (χ1v) is 6.49. The molecule has 0 aliphatic carbocycles. The van der Waals surface area contributed by atoms with Gasteiger partial charge in [0.2, 0.25) is 0 Å². The van der Waals surface area contributed by atoms with E-state index in [0.29, 0.717) is 17.2 Å². The van der Waals surface area contributed by atoms with E-state index >= 15 is 0 Å². The SMILES string of the molecule is COc1ccc(-c2n[nH]c(-c3ccccc3)n2)cc1[N+](=O)[O-]. The van der Waals surface area contributed by atoms with Crippen LogP contribution in [0.2, 0.25) is 0 Å². The lowest BCUT2D eigenvalue weighted by atomic mass is 10.1. The molecule has 0 fully saturated rings. The maximum atomic E-state index is 11.1. The van der Waals surface area contributed by atoms with Crippen molar-refractivity contribution in [3.63, 3.8) is 0 Å². The number of nitro benzene ring substituents is 1. The molecule has 0 radical (unpaired) electrons. The molecule has 0 saturated heterocycles. The molecule has 2 aromatic carbocycles. The predicted octanol–water partition coefficient (Wildman–Crippen LogP) is 3.06. The summed E-state index contributed by atoms with van der Waals surface area (Å²) in [4.78, 5) is 15.0. The lowest BCUT2D eigenvalue weighted by Crippen LogP contribution is -1.94. The number of ether oxygens (including phenoxy) is 1. The predicted molar refractivity (Wildman–Crippen MR) is 80.5 cm³/mol. The van der Waals surface area contributed by atoms with Crippen molar-refractivity contribution in [3.8, 4) is 28.5 Å². The average Bonchev–Trinajstić information content (AvgIpc) is 3.05. The van der Waals surface area contributed by atoms with Crippen molar-refractivity contribution in [2.24, 2.45) is 0 Å². The summed E-state index contributed by atoms with van der Waals surface area (Å²) in [5, 5.41) is 18.0. The standard InChI is InChI=1S/C15H12N4O3/c1-22-13-8-7-11(9-12(13)19(20)21)15-16-14(17-18-15)10-5-3-2-4-6-10/h2-9H,1H3,(H,16,17,18). The molecule has 0 aliphatic rings. The highest BCUT2D eigenvalue weighted by Crippen LogP contribution is 2.31. The Balaban J connectivity index is 2.00. The molecular weight excluding hydrogens is 284 g/mol. The summed E-state index contributed by atoms with van der Waals surface area (Å²) in [6.07, 6.45) is 0. The second-order valence-electron chi connectivity index (χ2n) is 4.52. The van der Waals surface area contributed by atoms with Gasteiger partial charge in [0.05, 0.1) is 12.0 Å². The molecule has 3 aromatic rings. The minimum Gasteiger partial charge on any atom is -0.490 e. The fourth-order valence-corrected chi connectivity index (χ4v) is 2.09. The molecule has 1 N–H and O–H groups in total. The number of nitro groups is 1. The molecule has 1 aromatic heterocycles. The summed E-state index contributed by atoms with van der Waals surface area (Å²) in [5.41, 5.74) is 1.32. The molecule has 7 heteroatoms. The van der Waals surface area contributed by atoms with Crippen LogP contribution in [0.4, 0.5) is 5.69 Å². The zero-order valence-corrected chi connectivity index (χ0v) is 11.7. The third kappa shape index (κ3) is 2.51. The molecule has 7 nitrogen and oxygen atoms in total. The molecule has 0 bridgehead atoms. The summed E-state index contributed by atoms with van der Waals surface area (Å²) in [7, 11) is 1.39. The summed E-state index contributed by atoms with van der Waals surface area (Å²) in [6.45, 7) is 0. The Kier molecular flexibility index (Phi) is 3.53. The second-order valence-corrected chi connectivity index (χ2v) is 4.52. The van der Waals surface area contributed by atoms with Gasteiger partial charge in [0.15, 0.2) is 17.4 Å². The molecule has 3 rings (SSSR count). The van der Waals surface area contributed by atoms with E-state index in [2.05, 4.69) is 15.2 Å². The van der Waals surface area contributed by atoms with Crippen LogP contribution in [0.1, 0.15) is 0 Å². The number of nitrogens with zero attached hydrogens (tertiary/aromatic N) is 3. The summed E-state index contributed by atoms with van der Waals surface area (Å²) < 4.78 is 4.98. The molecule has 0 atom stereocenters. The zero-order valence-electron chi connectivity index (χ0n) is 11.7. The van der Waals surface area contributed by atoms with E-state index in [0.717, 1.165) is 5.56 Å². The van der Waals surface area contributed by atoms with E-state index < -0.39 is 4.92 Å². The monoisotopic (exact) mass is 296 g/mol. The van der Waals surface area contributed by atoms with Gasteiger partial charge in [-0.15, -0.1) is 0 Å². The van der Waals surface area contributed by atoms with Crippen LogP contribution in [0, 0.1) is 10.1 Å². The van der Waals surface area contributed by atoms with Crippen LogP contribution >= 0.6 is 0 Å². The maximum absolute atomic E-state index is 11.1. The number of H-pyrrole nitrogens is 1. The van der Waals surface area contributed by atoms with E-state index in [1.165, 1.54) is 19.2 Å². The Morgan fingerprint density at radius 3 is 2.59 bits per heavy atom. The van der Waals surface area contributed by atoms with Crippen LogP contribution in [0.25, 0.3) is 22.8 Å². The number of methoxy groups -OCH3 is 1. The van der Waals surface area contributed by atoms with E-state index in [1.54, 1.807) is 6.07 Å². The van der Waals surface area contributed by atoms with Gasteiger partial charge in [-0.2, -0.15) is 5.10 Å². The summed E-state index contributed by atoms with van der Waals surface area (Å²) >= 11 is 0. The smallest absolute Gasteiger partial charge is 0.311 e. The number of benzene rings is 2. The van der Waals surface area contributed by atoms with E-state index in [1.807, 2.05) is 30.3 Å². The minimum absolute atomic E-state index is 0.119. The fraction of sp³-hybridized carbons (Fsp3) is 0.0667. The van der Waals surface area contributed by atoms with Crippen molar-refractivity contribution in [1.82, 2.24) is 15.2 Å². The number of aromatic amines is 1. The van der Waals surface area contributed by atoms with Crippen LogP contribution < -0.4 is 4.74 Å². The van der Waals surface area contributed by atoms with Gasteiger partial charge in [0.25, 0.3) is 0 Å². The normalized spacial score (nSPS) is 10.4. The first kappa shape index (κ1) is 13.7. The van der Waals surface area contributed by atoms with Gasteiger partial charge in [-0.05, 0) is 12.1 Å². The molecule has 22 heavy (non-hydrogen) atoms. The average molecular weight is 296 g/mol. The largest absolute Gasteiger partial charge is 0.490 e. The highest BCUT2D eigenvalue weighted by Gasteiger charge is 2.17. The summed E-state index contributed by atoms with van der Waals surface area (Å²) in [5.74, 6) is 1.20. The first-order chi connectivity index (χ1) is 10.7. The second kappa shape index (κ2) is 5.65. The Bertz CT molecular complexity index is 815. The number of nitrogens with one attached hydrogen (secondary N) is 1. The number of rotatable bonds is 4. The molecule has 1 heterocycles. The Labute approximate surface area is 125 Å². The minimum atomic E-state index is -0.493. The van der Waals surface area contributed by atoms with Crippen molar-refractivity contribution in [1.29, 1.82) is 0 Å². The lowest BCUT2D eigenvalue weighted by Gasteiger charge is -2.02. The van der Waals surface area contributed by atoms with Gasteiger partial charge in [0.1, 0.15) is 0 Å². The third-order valence-electron chi connectivity index (χ3n) is 3.17. The van der Waals surface area contributed by atoms with Crippen LogP contribution in [0.15, 0.2) is 48.5 Å². The number of hydrogen-bond acceptors (Lipinski definition) is 5. The highest BCUT2D eigenvalue weighted by atomic mass is 16.6. The molecule has 0 spiro atoms. The molecule has 110 valence electrons. The topological polar surface area (TPSA) is 93.9 Å². The molecular formula is C15H12N4O3. The van der Waals surface area contributed by atoms with Gasteiger partial charge in [-0.25, -0.2) is 4.98 Å². The quantitative estimate of drug-likeness (QED) is 0.590. The van der Waals surface area contributed by atoms with Crippen LogP contribution in [0.3, 0.4) is 0 Å². The molecule has 0 aliphatic heterocycles. The van der Waals surface area contributed by atoms with Crippen molar-refractivity contribution in [2.75, 3.05) is 7.11 Å². The van der Waals surface area contributed by atoms with Gasteiger partial charge in [-0.3, -0.25) is 15.2 Å². The molecule has 0 amide bonds. The Morgan fingerprint density at radius 2 is 1.91 bits per heavy atom. The lowest BCUT2D eigenvalue weighted by molar-refractivity contribution is -0.385. The van der Waals surface area contributed by atoms with Gasteiger partial charge >= 0.3 is 5.69 Å². The fourth-order valence-electron chi connectivity index (χ4n) is 2.09. The van der Waals surface area contributed by atoms with Crippen LogP contribution in [-0.4, -0.2) is 27.2 Å². The molecule has 0 unspecified atom stereocenters. The summed E-state index contributed by atoms with van der Waals surface area (Å²) in [6, 6.07) is 14.1. The number of aromatic nitrogens is 3. The van der Waals surface area contributed by atoms with Crippen molar-refractivity contribution >= 4 is 5.69 Å². The zero-order chi connectivity index (χ0) is 15.5.